The molecule has 2 aromatic rings. The van der Waals surface area contributed by atoms with E-state index in [1.807, 2.05) is 18.2 Å². The highest BCUT2D eigenvalue weighted by Gasteiger charge is 2.14. The van der Waals surface area contributed by atoms with Gasteiger partial charge in [-0.15, -0.1) is 12.4 Å². The summed E-state index contributed by atoms with van der Waals surface area (Å²) in [5, 5.41) is 12.6. The Labute approximate surface area is 142 Å². The fourth-order valence-electron chi connectivity index (χ4n) is 2.99. The first-order chi connectivity index (χ1) is 10.7. The fraction of sp³-hybridized carbons (Fsp3) is 0.389. The largest absolute Gasteiger partial charge is 0.478 e. The minimum Gasteiger partial charge on any atom is -0.478 e. The van der Waals surface area contributed by atoms with Gasteiger partial charge in [0, 0.05) is 11.6 Å². The summed E-state index contributed by atoms with van der Waals surface area (Å²) in [6.45, 7) is 0.725. The molecule has 1 saturated carbocycles. The van der Waals surface area contributed by atoms with Crippen LogP contribution in [0.1, 0.15) is 48.2 Å². The summed E-state index contributed by atoms with van der Waals surface area (Å²) in [5.74, 6) is 0.678. The van der Waals surface area contributed by atoms with E-state index in [9.17, 15) is 4.79 Å². The van der Waals surface area contributed by atoms with Crippen molar-refractivity contribution < 1.29 is 14.3 Å². The summed E-state index contributed by atoms with van der Waals surface area (Å²) in [7, 11) is 0. The number of halogens is 1. The first kappa shape index (κ1) is 17.6. The fourth-order valence-corrected chi connectivity index (χ4v) is 2.99. The molecule has 0 bridgehead atoms. The number of carbonyl (C=O) groups is 1. The lowest BCUT2D eigenvalue weighted by Crippen LogP contribution is -2.30. The molecule has 4 nitrogen and oxygen atoms in total. The molecule has 3 rings (SSSR count). The van der Waals surface area contributed by atoms with E-state index in [1.54, 1.807) is 18.2 Å². The van der Waals surface area contributed by atoms with Crippen LogP contribution in [0.3, 0.4) is 0 Å². The molecular formula is C18H22ClNO3. The van der Waals surface area contributed by atoms with E-state index in [1.165, 1.54) is 32.1 Å². The zero-order chi connectivity index (χ0) is 15.4. The molecule has 1 aromatic carbocycles. The third-order valence-electron chi connectivity index (χ3n) is 4.23. The average Bonchev–Trinajstić information content (AvgIpc) is 3.03. The second-order valence-electron chi connectivity index (χ2n) is 5.87. The van der Waals surface area contributed by atoms with Gasteiger partial charge in [-0.05, 0) is 37.1 Å². The Morgan fingerprint density at radius 2 is 1.96 bits per heavy atom. The summed E-state index contributed by atoms with van der Waals surface area (Å²) >= 11 is 0. The van der Waals surface area contributed by atoms with Gasteiger partial charge in [0.05, 0.1) is 12.1 Å². The molecule has 1 aliphatic carbocycles. The normalized spacial score (nSPS) is 15.1. The van der Waals surface area contributed by atoms with Crippen molar-refractivity contribution in [3.05, 3.63) is 47.7 Å². The molecule has 0 unspecified atom stereocenters. The number of furan rings is 1. The molecule has 0 spiro atoms. The van der Waals surface area contributed by atoms with Gasteiger partial charge < -0.3 is 14.8 Å². The lowest BCUT2D eigenvalue weighted by molar-refractivity contribution is 0.0697. The minimum atomic E-state index is -0.924. The summed E-state index contributed by atoms with van der Waals surface area (Å²) in [5.41, 5.74) is 1.07. The van der Waals surface area contributed by atoms with E-state index in [0.29, 0.717) is 11.8 Å². The van der Waals surface area contributed by atoms with Crippen LogP contribution >= 0.6 is 12.4 Å². The Bertz CT molecular complexity index is 647. The monoisotopic (exact) mass is 335 g/mol. The Morgan fingerprint density at radius 3 is 2.70 bits per heavy atom. The van der Waals surface area contributed by atoms with Crippen molar-refractivity contribution in [2.75, 3.05) is 0 Å². The number of benzene rings is 1. The van der Waals surface area contributed by atoms with Gasteiger partial charge in [-0.2, -0.15) is 0 Å². The van der Waals surface area contributed by atoms with Gasteiger partial charge in [-0.1, -0.05) is 31.4 Å². The zero-order valence-corrected chi connectivity index (χ0v) is 13.8. The highest BCUT2D eigenvalue weighted by Crippen LogP contribution is 2.24. The average molecular weight is 336 g/mol. The Kier molecular flexibility index (Phi) is 6.25. The van der Waals surface area contributed by atoms with Crippen molar-refractivity contribution in [2.24, 2.45) is 0 Å². The molecule has 1 fully saturated rings. The van der Waals surface area contributed by atoms with Crippen molar-refractivity contribution >= 4 is 18.4 Å². The van der Waals surface area contributed by atoms with Gasteiger partial charge >= 0.3 is 5.97 Å². The van der Waals surface area contributed by atoms with Crippen molar-refractivity contribution in [3.8, 4) is 11.3 Å². The molecule has 0 saturated heterocycles. The lowest BCUT2D eigenvalue weighted by Gasteiger charge is -2.22. The van der Waals surface area contributed by atoms with Crippen LogP contribution in [0.25, 0.3) is 11.3 Å². The number of rotatable bonds is 5. The van der Waals surface area contributed by atoms with Gasteiger partial charge in [0.15, 0.2) is 0 Å². The molecule has 23 heavy (non-hydrogen) atoms. The highest BCUT2D eigenvalue weighted by atomic mass is 35.5. The Balaban J connectivity index is 0.00000192. The van der Waals surface area contributed by atoms with Gasteiger partial charge in [0.2, 0.25) is 0 Å². The standard InChI is InChI=1S/C18H21NO3.ClH/c20-18(21)14-6-4-5-13(11-14)17-10-9-16(22-17)12-19-15-7-2-1-3-8-15;/h4-6,9-11,15,19H,1-3,7-8,12H2,(H,20,21);1H. The maximum Gasteiger partial charge on any atom is 0.335 e. The third-order valence-corrected chi connectivity index (χ3v) is 4.23. The second-order valence-corrected chi connectivity index (χ2v) is 5.87. The minimum absolute atomic E-state index is 0. The topological polar surface area (TPSA) is 62.5 Å². The van der Waals surface area contributed by atoms with Crippen LogP contribution in [0.15, 0.2) is 40.8 Å². The van der Waals surface area contributed by atoms with Crippen LogP contribution in [-0.2, 0) is 6.54 Å². The Hall–Kier alpha value is -1.78. The molecule has 0 atom stereocenters. The van der Waals surface area contributed by atoms with E-state index < -0.39 is 5.97 Å². The molecule has 0 amide bonds. The summed E-state index contributed by atoms with van der Waals surface area (Å²) in [4.78, 5) is 11.0. The highest BCUT2D eigenvalue weighted by molar-refractivity contribution is 5.89. The van der Waals surface area contributed by atoms with Crippen LogP contribution in [0.5, 0.6) is 0 Å². The zero-order valence-electron chi connectivity index (χ0n) is 13.0. The molecular weight excluding hydrogens is 314 g/mol. The van der Waals surface area contributed by atoms with Crippen molar-refractivity contribution in [2.45, 2.75) is 44.7 Å². The summed E-state index contributed by atoms with van der Waals surface area (Å²) < 4.78 is 5.84. The molecule has 2 N–H and O–H groups in total. The molecule has 5 heteroatoms. The van der Waals surface area contributed by atoms with E-state index in [-0.39, 0.29) is 18.0 Å². The molecule has 1 heterocycles. The van der Waals surface area contributed by atoms with Crippen molar-refractivity contribution in [1.82, 2.24) is 5.32 Å². The first-order valence-corrected chi connectivity index (χ1v) is 7.88. The summed E-state index contributed by atoms with van der Waals surface area (Å²) in [6.07, 6.45) is 6.46. The lowest BCUT2D eigenvalue weighted by atomic mass is 9.95. The van der Waals surface area contributed by atoms with E-state index in [4.69, 9.17) is 9.52 Å². The molecule has 1 aliphatic rings. The first-order valence-electron chi connectivity index (χ1n) is 7.88. The van der Waals surface area contributed by atoms with E-state index in [0.717, 1.165) is 17.9 Å². The number of aromatic carboxylic acids is 1. The smallest absolute Gasteiger partial charge is 0.335 e. The number of hydrogen-bond donors (Lipinski definition) is 2. The van der Waals surface area contributed by atoms with Crippen LogP contribution in [0, 0.1) is 0 Å². The molecule has 1 aromatic heterocycles. The van der Waals surface area contributed by atoms with Crippen molar-refractivity contribution in [1.29, 1.82) is 0 Å². The van der Waals surface area contributed by atoms with Gasteiger partial charge in [0.25, 0.3) is 0 Å². The van der Waals surface area contributed by atoms with Crippen LogP contribution in [-0.4, -0.2) is 17.1 Å². The molecule has 0 radical (unpaired) electrons. The SMILES string of the molecule is Cl.O=C(O)c1cccc(-c2ccc(CNC3CCCCC3)o2)c1. The number of nitrogens with one attached hydrogen (secondary N) is 1. The summed E-state index contributed by atoms with van der Waals surface area (Å²) in [6, 6.07) is 11.3. The maximum absolute atomic E-state index is 11.0. The Morgan fingerprint density at radius 1 is 1.17 bits per heavy atom. The van der Waals surface area contributed by atoms with Gasteiger partial charge in [0.1, 0.15) is 11.5 Å². The number of carboxylic acid groups (broad SMARTS) is 1. The van der Waals surface area contributed by atoms with Crippen LogP contribution < -0.4 is 5.32 Å². The predicted octanol–water partition coefficient (Wildman–Crippen LogP) is 4.49. The molecule has 124 valence electrons. The predicted molar refractivity (Wildman–Crippen MR) is 92.1 cm³/mol. The van der Waals surface area contributed by atoms with E-state index in [2.05, 4.69) is 5.32 Å². The second kappa shape index (κ2) is 8.18. The van der Waals surface area contributed by atoms with Gasteiger partial charge in [-0.25, -0.2) is 4.79 Å². The van der Waals surface area contributed by atoms with Gasteiger partial charge in [-0.3, -0.25) is 0 Å². The number of hydrogen-bond acceptors (Lipinski definition) is 3. The van der Waals surface area contributed by atoms with Crippen LogP contribution in [0.2, 0.25) is 0 Å². The third kappa shape index (κ3) is 4.60. The van der Waals surface area contributed by atoms with Crippen molar-refractivity contribution in [3.63, 3.8) is 0 Å². The van der Waals surface area contributed by atoms with E-state index >= 15 is 0 Å². The van der Waals surface area contributed by atoms with Crippen LogP contribution in [0.4, 0.5) is 0 Å². The maximum atomic E-state index is 11.0. The molecule has 0 aliphatic heterocycles. The quantitative estimate of drug-likeness (QED) is 0.845. The number of carboxylic acids is 1.